The molecule has 0 amide bonds. The van der Waals surface area contributed by atoms with Crippen molar-refractivity contribution < 1.29 is 9.90 Å². The van der Waals surface area contributed by atoms with Gasteiger partial charge in [0.15, 0.2) is 5.78 Å². The average Bonchev–Trinajstić information content (AvgIpc) is 2.27. The maximum Gasteiger partial charge on any atom is 0.164 e. The molecule has 0 aromatic carbocycles. The second-order valence-corrected chi connectivity index (χ2v) is 4.55. The minimum absolute atomic E-state index is 0.0203. The Labute approximate surface area is 86.7 Å². The van der Waals surface area contributed by atoms with E-state index in [0.717, 1.165) is 19.3 Å². The van der Waals surface area contributed by atoms with E-state index >= 15 is 0 Å². The molecular formula is C12H22O2. The van der Waals surface area contributed by atoms with Crippen LogP contribution in [0.1, 0.15) is 52.4 Å². The van der Waals surface area contributed by atoms with Gasteiger partial charge in [0.25, 0.3) is 0 Å². The smallest absolute Gasteiger partial charge is 0.164 e. The molecule has 1 saturated carbocycles. The number of hydrogen-bond acceptors (Lipinski definition) is 2. The highest BCUT2D eigenvalue weighted by atomic mass is 16.3. The third kappa shape index (κ3) is 2.81. The van der Waals surface area contributed by atoms with E-state index in [1.807, 2.05) is 13.8 Å². The number of hydrogen-bond donors (Lipinski definition) is 1. The Kier molecular flexibility index (Phi) is 4.59. The molecule has 2 unspecified atom stereocenters. The van der Waals surface area contributed by atoms with Crippen molar-refractivity contribution in [3.63, 3.8) is 0 Å². The number of ketones is 1. The quantitative estimate of drug-likeness (QED) is 0.753. The van der Waals surface area contributed by atoms with Gasteiger partial charge in [-0.3, -0.25) is 4.79 Å². The van der Waals surface area contributed by atoms with E-state index in [2.05, 4.69) is 0 Å². The standard InChI is InChI=1S/C12H22O2/c1-3-9(2)11(13)12(14)10-7-5-4-6-8-10/h9-10,12,14H,3-8H2,1-2H3. The molecule has 0 spiro atoms. The van der Waals surface area contributed by atoms with E-state index in [4.69, 9.17) is 0 Å². The minimum Gasteiger partial charge on any atom is -0.385 e. The van der Waals surface area contributed by atoms with Crippen molar-refractivity contribution in [1.82, 2.24) is 0 Å². The summed E-state index contributed by atoms with van der Waals surface area (Å²) in [4.78, 5) is 11.7. The highest BCUT2D eigenvalue weighted by molar-refractivity contribution is 5.85. The zero-order chi connectivity index (χ0) is 10.6. The first-order valence-corrected chi connectivity index (χ1v) is 5.88. The molecule has 14 heavy (non-hydrogen) atoms. The molecule has 0 aromatic heterocycles. The summed E-state index contributed by atoms with van der Waals surface area (Å²) < 4.78 is 0. The van der Waals surface area contributed by atoms with Crippen LogP contribution in [0.3, 0.4) is 0 Å². The van der Waals surface area contributed by atoms with Crippen molar-refractivity contribution in [3.05, 3.63) is 0 Å². The van der Waals surface area contributed by atoms with Crippen LogP contribution in [0, 0.1) is 11.8 Å². The Bertz CT molecular complexity index is 183. The molecule has 1 fully saturated rings. The van der Waals surface area contributed by atoms with Crippen molar-refractivity contribution in [1.29, 1.82) is 0 Å². The van der Waals surface area contributed by atoms with Gasteiger partial charge in [-0.05, 0) is 25.2 Å². The van der Waals surface area contributed by atoms with Gasteiger partial charge in [-0.1, -0.05) is 33.1 Å². The molecule has 0 aliphatic heterocycles. The molecule has 1 aliphatic carbocycles. The van der Waals surface area contributed by atoms with Crippen LogP contribution >= 0.6 is 0 Å². The largest absolute Gasteiger partial charge is 0.385 e. The Balaban J connectivity index is 2.45. The first kappa shape index (κ1) is 11.7. The molecule has 1 N–H and O–H groups in total. The van der Waals surface area contributed by atoms with Crippen LogP contribution < -0.4 is 0 Å². The van der Waals surface area contributed by atoms with Crippen LogP contribution in [-0.2, 0) is 4.79 Å². The number of aliphatic hydroxyl groups is 1. The van der Waals surface area contributed by atoms with Crippen molar-refractivity contribution in [2.75, 3.05) is 0 Å². The maximum atomic E-state index is 11.7. The summed E-state index contributed by atoms with van der Waals surface area (Å²) in [5, 5.41) is 9.89. The number of carbonyl (C=O) groups excluding carboxylic acids is 1. The Morgan fingerprint density at radius 3 is 2.43 bits per heavy atom. The summed E-state index contributed by atoms with van der Waals surface area (Å²) in [7, 11) is 0. The summed E-state index contributed by atoms with van der Waals surface area (Å²) in [5.41, 5.74) is 0. The van der Waals surface area contributed by atoms with Crippen molar-refractivity contribution in [2.24, 2.45) is 11.8 Å². The SMILES string of the molecule is CCC(C)C(=O)C(O)C1CCCCC1. The molecule has 0 aromatic rings. The van der Waals surface area contributed by atoms with Crippen molar-refractivity contribution in [3.8, 4) is 0 Å². The van der Waals surface area contributed by atoms with Crippen LogP contribution in [0.2, 0.25) is 0 Å². The fraction of sp³-hybridized carbons (Fsp3) is 0.917. The Morgan fingerprint density at radius 1 is 1.36 bits per heavy atom. The van der Waals surface area contributed by atoms with E-state index in [9.17, 15) is 9.90 Å². The summed E-state index contributed by atoms with van der Waals surface area (Å²) >= 11 is 0. The van der Waals surface area contributed by atoms with Gasteiger partial charge in [-0.15, -0.1) is 0 Å². The van der Waals surface area contributed by atoms with Gasteiger partial charge in [0.1, 0.15) is 6.10 Å². The molecule has 2 heteroatoms. The molecule has 2 nitrogen and oxygen atoms in total. The first-order chi connectivity index (χ1) is 6.66. The molecule has 1 aliphatic rings. The van der Waals surface area contributed by atoms with Gasteiger partial charge in [0.2, 0.25) is 0 Å². The number of Topliss-reactive ketones (excluding diaryl/α,β-unsaturated/α-hetero) is 1. The lowest BCUT2D eigenvalue weighted by Crippen LogP contribution is -2.34. The molecule has 0 saturated heterocycles. The highest BCUT2D eigenvalue weighted by Crippen LogP contribution is 2.28. The van der Waals surface area contributed by atoms with Crippen molar-refractivity contribution >= 4 is 5.78 Å². The van der Waals surface area contributed by atoms with Gasteiger partial charge < -0.3 is 5.11 Å². The zero-order valence-corrected chi connectivity index (χ0v) is 9.33. The Hall–Kier alpha value is -0.370. The third-order valence-corrected chi connectivity index (χ3v) is 3.49. The van der Waals surface area contributed by atoms with E-state index in [1.54, 1.807) is 0 Å². The van der Waals surface area contributed by atoms with Gasteiger partial charge >= 0.3 is 0 Å². The summed E-state index contributed by atoms with van der Waals surface area (Å²) in [6, 6.07) is 0. The zero-order valence-electron chi connectivity index (χ0n) is 9.33. The van der Waals surface area contributed by atoms with Crippen LogP contribution in [-0.4, -0.2) is 17.0 Å². The Morgan fingerprint density at radius 2 is 1.93 bits per heavy atom. The minimum atomic E-state index is -0.690. The van der Waals surface area contributed by atoms with Crippen LogP contribution in [0.15, 0.2) is 0 Å². The summed E-state index contributed by atoms with van der Waals surface area (Å²) in [6.07, 6.45) is 5.83. The lowest BCUT2D eigenvalue weighted by molar-refractivity contribution is -0.134. The predicted molar refractivity (Wildman–Crippen MR) is 57.0 cm³/mol. The van der Waals surface area contributed by atoms with Gasteiger partial charge in [0.05, 0.1) is 0 Å². The van der Waals surface area contributed by atoms with Gasteiger partial charge in [0, 0.05) is 5.92 Å². The average molecular weight is 198 g/mol. The third-order valence-electron chi connectivity index (χ3n) is 3.49. The van der Waals surface area contributed by atoms with Crippen LogP contribution in [0.5, 0.6) is 0 Å². The predicted octanol–water partition coefficient (Wildman–Crippen LogP) is 2.54. The fourth-order valence-corrected chi connectivity index (χ4v) is 2.17. The molecule has 0 heterocycles. The molecule has 82 valence electrons. The van der Waals surface area contributed by atoms with E-state index in [-0.39, 0.29) is 17.6 Å². The summed E-state index contributed by atoms with van der Waals surface area (Å²) in [6.45, 7) is 3.91. The van der Waals surface area contributed by atoms with Gasteiger partial charge in [-0.25, -0.2) is 0 Å². The van der Waals surface area contributed by atoms with Crippen molar-refractivity contribution in [2.45, 2.75) is 58.5 Å². The number of rotatable bonds is 4. The van der Waals surface area contributed by atoms with Crippen LogP contribution in [0.25, 0.3) is 0 Å². The summed E-state index contributed by atoms with van der Waals surface area (Å²) in [5.74, 6) is 0.316. The molecular weight excluding hydrogens is 176 g/mol. The number of aliphatic hydroxyl groups excluding tert-OH is 1. The normalized spacial score (nSPS) is 23.1. The monoisotopic (exact) mass is 198 g/mol. The van der Waals surface area contributed by atoms with Gasteiger partial charge in [-0.2, -0.15) is 0 Å². The second kappa shape index (κ2) is 5.50. The maximum absolute atomic E-state index is 11.7. The first-order valence-electron chi connectivity index (χ1n) is 5.88. The van der Waals surface area contributed by atoms with Crippen LogP contribution in [0.4, 0.5) is 0 Å². The molecule has 0 radical (unpaired) electrons. The molecule has 2 atom stereocenters. The topological polar surface area (TPSA) is 37.3 Å². The molecule has 0 bridgehead atoms. The van der Waals surface area contributed by atoms with E-state index in [1.165, 1.54) is 19.3 Å². The highest BCUT2D eigenvalue weighted by Gasteiger charge is 2.29. The van der Waals surface area contributed by atoms with E-state index < -0.39 is 6.10 Å². The van der Waals surface area contributed by atoms with E-state index in [0.29, 0.717) is 0 Å². The molecule has 1 rings (SSSR count). The number of carbonyl (C=O) groups is 1. The lowest BCUT2D eigenvalue weighted by Gasteiger charge is -2.27. The lowest BCUT2D eigenvalue weighted by atomic mass is 9.81. The second-order valence-electron chi connectivity index (χ2n) is 4.55. The fourth-order valence-electron chi connectivity index (χ4n) is 2.17.